The van der Waals surface area contributed by atoms with E-state index in [0.717, 1.165) is 24.5 Å². The van der Waals surface area contributed by atoms with E-state index in [2.05, 4.69) is 55.6 Å². The van der Waals surface area contributed by atoms with Crippen molar-refractivity contribution in [2.45, 2.75) is 25.8 Å². The molecule has 0 aliphatic carbocycles. The summed E-state index contributed by atoms with van der Waals surface area (Å²) in [7, 11) is 3.37. The third kappa shape index (κ3) is 2.35. The molecule has 0 amide bonds. The van der Waals surface area contributed by atoms with Crippen LogP contribution < -0.4 is 14.8 Å². The van der Waals surface area contributed by atoms with Crippen molar-refractivity contribution in [1.82, 2.24) is 5.32 Å². The van der Waals surface area contributed by atoms with E-state index in [1.165, 1.54) is 22.3 Å². The van der Waals surface area contributed by atoms with Gasteiger partial charge in [-0.1, -0.05) is 29.8 Å². The topological polar surface area (TPSA) is 30.5 Å². The summed E-state index contributed by atoms with van der Waals surface area (Å²) in [5.41, 5.74) is 4.92. The summed E-state index contributed by atoms with van der Waals surface area (Å²) in [6.07, 6.45) is 0.997. The van der Waals surface area contributed by atoms with Crippen LogP contribution in [-0.4, -0.2) is 20.8 Å². The van der Waals surface area contributed by atoms with Crippen LogP contribution >= 0.6 is 0 Å². The fourth-order valence-electron chi connectivity index (χ4n) is 3.28. The second kappa shape index (κ2) is 5.65. The molecule has 3 heteroatoms. The van der Waals surface area contributed by atoms with Crippen molar-refractivity contribution in [3.63, 3.8) is 0 Å². The van der Waals surface area contributed by atoms with E-state index in [1.807, 2.05) is 0 Å². The second-order valence-electron chi connectivity index (χ2n) is 6.03. The maximum Gasteiger partial charge on any atom is 0.161 e. The Balaban J connectivity index is 2.15. The average molecular weight is 297 g/mol. The molecule has 1 N–H and O–H groups in total. The number of benzene rings is 2. The average Bonchev–Trinajstić information content (AvgIpc) is 2.54. The molecule has 0 fully saturated rings. The second-order valence-corrected chi connectivity index (χ2v) is 6.03. The van der Waals surface area contributed by atoms with E-state index < -0.39 is 0 Å². The molecule has 2 aromatic carbocycles. The SMILES string of the molecule is COc1cc2c(cc1OC)C(C)(c1ccc(C)cc1)NCC2. The maximum atomic E-state index is 5.50. The number of ether oxygens (including phenoxy) is 2. The molecule has 2 aromatic rings. The smallest absolute Gasteiger partial charge is 0.161 e. The van der Waals surface area contributed by atoms with Gasteiger partial charge in [0.25, 0.3) is 0 Å². The van der Waals surface area contributed by atoms with Crippen LogP contribution in [0.4, 0.5) is 0 Å². The zero-order valence-corrected chi connectivity index (χ0v) is 13.7. The van der Waals surface area contributed by atoms with Gasteiger partial charge in [0.15, 0.2) is 11.5 Å². The molecule has 22 heavy (non-hydrogen) atoms. The summed E-state index contributed by atoms with van der Waals surface area (Å²) in [5, 5.41) is 3.68. The van der Waals surface area contributed by atoms with Gasteiger partial charge in [0.1, 0.15) is 0 Å². The zero-order valence-electron chi connectivity index (χ0n) is 13.7. The minimum atomic E-state index is -0.208. The quantitative estimate of drug-likeness (QED) is 0.941. The summed E-state index contributed by atoms with van der Waals surface area (Å²) < 4.78 is 10.9. The lowest BCUT2D eigenvalue weighted by Crippen LogP contribution is -2.45. The van der Waals surface area contributed by atoms with E-state index in [-0.39, 0.29) is 5.54 Å². The van der Waals surface area contributed by atoms with Crippen molar-refractivity contribution in [1.29, 1.82) is 0 Å². The maximum absolute atomic E-state index is 5.50. The van der Waals surface area contributed by atoms with Gasteiger partial charge in [-0.15, -0.1) is 0 Å². The Kier molecular flexibility index (Phi) is 3.83. The molecule has 3 rings (SSSR count). The van der Waals surface area contributed by atoms with Crippen LogP contribution in [0.2, 0.25) is 0 Å². The standard InChI is InChI=1S/C19H23NO2/c1-13-5-7-15(8-6-13)19(2)16-12-18(22-4)17(21-3)11-14(16)9-10-20-19/h5-8,11-12,20H,9-10H2,1-4H3. The Morgan fingerprint density at radius 1 is 1.00 bits per heavy atom. The van der Waals surface area contributed by atoms with Crippen molar-refractivity contribution in [3.8, 4) is 11.5 Å². The van der Waals surface area contributed by atoms with Crippen LogP contribution in [0.15, 0.2) is 36.4 Å². The molecular formula is C19H23NO2. The molecule has 0 spiro atoms. The van der Waals surface area contributed by atoms with E-state index in [9.17, 15) is 0 Å². The summed E-state index contributed by atoms with van der Waals surface area (Å²) >= 11 is 0. The molecule has 0 bridgehead atoms. The molecule has 1 aliphatic heterocycles. The first-order valence-corrected chi connectivity index (χ1v) is 7.66. The Hall–Kier alpha value is -2.00. The Bertz CT molecular complexity index is 679. The lowest BCUT2D eigenvalue weighted by atomic mass is 9.78. The van der Waals surface area contributed by atoms with Crippen LogP contribution in [0.3, 0.4) is 0 Å². The van der Waals surface area contributed by atoms with E-state index in [0.29, 0.717) is 0 Å². The Labute approximate surface area is 132 Å². The van der Waals surface area contributed by atoms with Crippen LogP contribution in [-0.2, 0) is 12.0 Å². The molecule has 1 atom stereocenters. The highest BCUT2D eigenvalue weighted by Crippen LogP contribution is 2.40. The van der Waals surface area contributed by atoms with Crippen LogP contribution in [0.5, 0.6) is 11.5 Å². The fourth-order valence-corrected chi connectivity index (χ4v) is 3.28. The molecule has 0 aromatic heterocycles. The van der Waals surface area contributed by atoms with Crippen molar-refractivity contribution < 1.29 is 9.47 Å². The number of methoxy groups -OCH3 is 2. The third-order valence-electron chi connectivity index (χ3n) is 4.65. The number of aryl methyl sites for hydroxylation is 1. The number of fused-ring (bicyclic) bond motifs is 1. The first kappa shape index (κ1) is 14.9. The van der Waals surface area contributed by atoms with Gasteiger partial charge in [0, 0.05) is 6.54 Å². The summed E-state index contributed by atoms with van der Waals surface area (Å²) in [6, 6.07) is 13.0. The van der Waals surface area contributed by atoms with Gasteiger partial charge < -0.3 is 14.8 Å². The van der Waals surface area contributed by atoms with Gasteiger partial charge in [-0.3, -0.25) is 0 Å². The van der Waals surface area contributed by atoms with Gasteiger partial charge in [-0.05, 0) is 49.1 Å². The van der Waals surface area contributed by atoms with Gasteiger partial charge >= 0.3 is 0 Å². The van der Waals surface area contributed by atoms with Gasteiger partial charge in [-0.2, -0.15) is 0 Å². The first-order chi connectivity index (χ1) is 10.6. The van der Waals surface area contributed by atoms with Crippen LogP contribution in [0.25, 0.3) is 0 Å². The largest absolute Gasteiger partial charge is 0.493 e. The molecule has 0 saturated heterocycles. The van der Waals surface area contributed by atoms with Crippen molar-refractivity contribution in [3.05, 3.63) is 58.7 Å². The van der Waals surface area contributed by atoms with Crippen molar-refractivity contribution in [2.75, 3.05) is 20.8 Å². The van der Waals surface area contributed by atoms with E-state index in [1.54, 1.807) is 14.2 Å². The molecule has 1 aliphatic rings. The first-order valence-electron chi connectivity index (χ1n) is 7.66. The van der Waals surface area contributed by atoms with Gasteiger partial charge in [-0.25, -0.2) is 0 Å². The lowest BCUT2D eigenvalue weighted by molar-refractivity contribution is 0.348. The molecule has 0 saturated carbocycles. The van der Waals surface area contributed by atoms with E-state index >= 15 is 0 Å². The van der Waals surface area contributed by atoms with Crippen molar-refractivity contribution in [2.24, 2.45) is 0 Å². The minimum absolute atomic E-state index is 0.208. The lowest BCUT2D eigenvalue weighted by Gasteiger charge is -2.38. The van der Waals surface area contributed by atoms with Crippen molar-refractivity contribution >= 4 is 0 Å². The van der Waals surface area contributed by atoms with Gasteiger partial charge in [0.2, 0.25) is 0 Å². The molecule has 1 unspecified atom stereocenters. The van der Waals surface area contributed by atoms with Gasteiger partial charge in [0.05, 0.1) is 19.8 Å². The predicted molar refractivity (Wildman–Crippen MR) is 88.9 cm³/mol. The monoisotopic (exact) mass is 297 g/mol. The summed E-state index contributed by atoms with van der Waals surface area (Å²) in [5.74, 6) is 1.58. The highest BCUT2D eigenvalue weighted by molar-refractivity contribution is 5.54. The Morgan fingerprint density at radius 2 is 1.64 bits per heavy atom. The zero-order chi connectivity index (χ0) is 15.7. The number of nitrogens with one attached hydrogen (secondary N) is 1. The fraction of sp³-hybridized carbons (Fsp3) is 0.368. The predicted octanol–water partition coefficient (Wildman–Crippen LogP) is 3.42. The minimum Gasteiger partial charge on any atom is -0.493 e. The van der Waals surface area contributed by atoms with E-state index in [4.69, 9.17) is 9.47 Å². The van der Waals surface area contributed by atoms with Crippen LogP contribution in [0, 0.1) is 6.92 Å². The Morgan fingerprint density at radius 3 is 2.27 bits per heavy atom. The third-order valence-corrected chi connectivity index (χ3v) is 4.65. The highest BCUT2D eigenvalue weighted by atomic mass is 16.5. The highest BCUT2D eigenvalue weighted by Gasteiger charge is 2.34. The number of hydrogen-bond acceptors (Lipinski definition) is 3. The summed E-state index contributed by atoms with van der Waals surface area (Å²) in [4.78, 5) is 0. The van der Waals surface area contributed by atoms with Crippen LogP contribution in [0.1, 0.15) is 29.2 Å². The number of hydrogen-bond donors (Lipinski definition) is 1. The summed E-state index contributed by atoms with van der Waals surface area (Å²) in [6.45, 7) is 5.30. The molecule has 116 valence electrons. The molecule has 1 heterocycles. The molecular weight excluding hydrogens is 274 g/mol. The molecule has 0 radical (unpaired) electrons. The number of rotatable bonds is 3. The molecule has 3 nitrogen and oxygen atoms in total. The normalized spacial score (nSPS) is 20.4.